The molecule has 0 amide bonds. The van der Waals surface area contributed by atoms with Crippen LogP contribution in [0, 0.1) is 0 Å². The molecule has 292 valence electrons. The number of anilines is 4. The lowest BCUT2D eigenvalue weighted by atomic mass is 9.91. The number of benzene rings is 9. The molecule has 0 aliphatic rings. The highest BCUT2D eigenvalue weighted by Crippen LogP contribution is 2.42. The summed E-state index contributed by atoms with van der Waals surface area (Å²) in [6.45, 7) is 6.79. The Hall–Kier alpha value is -7.88. The molecule has 0 radical (unpaired) electrons. The smallest absolute Gasteiger partial charge is 0.0541 e. The Labute approximate surface area is 357 Å². The highest BCUT2D eigenvalue weighted by molar-refractivity contribution is 6.15. The molecule has 0 aliphatic heterocycles. The van der Waals surface area contributed by atoms with Gasteiger partial charge in [-0.3, -0.25) is 0 Å². The zero-order valence-electron chi connectivity index (χ0n) is 34.4. The molecule has 9 aromatic carbocycles. The van der Waals surface area contributed by atoms with Crippen LogP contribution in [0.25, 0.3) is 71.3 Å². The van der Waals surface area contributed by atoms with Crippen LogP contribution in [-0.4, -0.2) is 11.6 Å². The molecule has 0 unspecified atom stereocenters. The molecule has 0 spiro atoms. The lowest BCUT2D eigenvalue weighted by molar-refractivity contribution is 1.18. The predicted octanol–water partition coefficient (Wildman–Crippen LogP) is 15.9. The molecule has 0 aliphatic carbocycles. The molecule has 10 rings (SSSR count). The minimum atomic E-state index is 0.946. The number of nitrogens with one attached hydrogen (secondary N) is 1. The molecular weight excluding hydrogens is 739 g/mol. The third-order valence-electron chi connectivity index (χ3n) is 11.9. The van der Waals surface area contributed by atoms with E-state index in [1.54, 1.807) is 0 Å². The van der Waals surface area contributed by atoms with Crippen LogP contribution < -0.4 is 10.2 Å². The number of nitrogens with zero attached hydrogens (tertiary/aromatic N) is 2. The second-order valence-corrected chi connectivity index (χ2v) is 15.5. The lowest BCUT2D eigenvalue weighted by Gasteiger charge is -2.24. The van der Waals surface area contributed by atoms with Gasteiger partial charge in [0.2, 0.25) is 0 Å². The molecule has 61 heavy (non-hydrogen) atoms. The van der Waals surface area contributed by atoms with Crippen molar-refractivity contribution in [3.8, 4) is 16.8 Å². The molecular formula is C58H45N3. The molecule has 1 aromatic heterocycles. The fourth-order valence-corrected chi connectivity index (χ4v) is 8.89. The van der Waals surface area contributed by atoms with Gasteiger partial charge in [0, 0.05) is 57.4 Å². The summed E-state index contributed by atoms with van der Waals surface area (Å²) in [6, 6.07) is 71.7. The molecule has 10 aromatic rings. The first-order chi connectivity index (χ1) is 30.1. The van der Waals surface area contributed by atoms with Crippen LogP contribution in [0.15, 0.2) is 225 Å². The highest BCUT2D eigenvalue weighted by Gasteiger charge is 2.18. The molecule has 0 atom stereocenters. The van der Waals surface area contributed by atoms with E-state index in [9.17, 15) is 0 Å². The van der Waals surface area contributed by atoms with E-state index in [0.29, 0.717) is 0 Å². The zero-order chi connectivity index (χ0) is 41.3. The minimum absolute atomic E-state index is 0.946. The maximum Gasteiger partial charge on any atom is 0.0541 e. The normalized spacial score (nSPS) is 11.9. The van der Waals surface area contributed by atoms with Crippen LogP contribution >= 0.6 is 0 Å². The first-order valence-corrected chi connectivity index (χ1v) is 20.9. The molecule has 0 saturated heterocycles. The SMILES string of the molecule is C=C(/C(=C\C=C/C)c1ccc2c(c1)c1ccccc1n2-c1ccccc1)c1ccccc1Nc1ccc(N(C)c2ccccc2-c2cc3ccccc3c3ccccc23)cc1. The molecule has 0 saturated carbocycles. The Bertz CT molecular complexity index is 3310. The zero-order valence-corrected chi connectivity index (χ0v) is 34.4. The van der Waals surface area contributed by atoms with Crippen molar-refractivity contribution in [2.45, 2.75) is 6.92 Å². The average molecular weight is 784 g/mol. The molecule has 1 N–H and O–H groups in total. The summed E-state index contributed by atoms with van der Waals surface area (Å²) in [5, 5.41) is 11.2. The van der Waals surface area contributed by atoms with Crippen molar-refractivity contribution >= 4 is 77.2 Å². The first kappa shape index (κ1) is 37.4. The van der Waals surface area contributed by atoms with Gasteiger partial charge in [-0.05, 0) is 124 Å². The van der Waals surface area contributed by atoms with E-state index in [1.165, 1.54) is 54.5 Å². The predicted molar refractivity (Wildman–Crippen MR) is 264 cm³/mol. The van der Waals surface area contributed by atoms with Gasteiger partial charge in [0.25, 0.3) is 0 Å². The number of hydrogen-bond acceptors (Lipinski definition) is 2. The summed E-state index contributed by atoms with van der Waals surface area (Å²) >= 11 is 0. The molecule has 0 bridgehead atoms. The molecule has 3 nitrogen and oxygen atoms in total. The van der Waals surface area contributed by atoms with Crippen LogP contribution in [0.1, 0.15) is 18.1 Å². The van der Waals surface area contributed by atoms with Crippen LogP contribution in [0.2, 0.25) is 0 Å². The fraction of sp³-hybridized carbons (Fsp3) is 0.0345. The van der Waals surface area contributed by atoms with Crippen LogP contribution in [0.4, 0.5) is 22.7 Å². The van der Waals surface area contributed by atoms with E-state index >= 15 is 0 Å². The van der Waals surface area contributed by atoms with Gasteiger partial charge in [0.05, 0.1) is 11.0 Å². The van der Waals surface area contributed by atoms with Crippen molar-refractivity contribution in [3.63, 3.8) is 0 Å². The van der Waals surface area contributed by atoms with Gasteiger partial charge in [-0.15, -0.1) is 0 Å². The Morgan fingerprint density at radius 1 is 0.557 bits per heavy atom. The van der Waals surface area contributed by atoms with E-state index < -0.39 is 0 Å². The van der Waals surface area contributed by atoms with Gasteiger partial charge in [0.1, 0.15) is 0 Å². The second-order valence-electron chi connectivity index (χ2n) is 15.5. The maximum absolute atomic E-state index is 4.74. The van der Waals surface area contributed by atoms with Gasteiger partial charge in [-0.1, -0.05) is 152 Å². The van der Waals surface area contributed by atoms with E-state index in [2.05, 4.69) is 240 Å². The van der Waals surface area contributed by atoms with E-state index in [-0.39, 0.29) is 0 Å². The van der Waals surface area contributed by atoms with Gasteiger partial charge < -0.3 is 14.8 Å². The van der Waals surface area contributed by atoms with Gasteiger partial charge in [-0.2, -0.15) is 0 Å². The standard InChI is InChI=1S/C58H45N3/c1-4-5-22-46(42-32-37-58-54(39-42)52-28-15-18-31-57(52)61(58)45-20-7-6-8-21-45)40(2)47-23-13-16-29-55(47)59-43-33-35-44(36-34-43)60(3)56-30-17-14-27-51(56)53-38-41-19-9-10-24-48(41)49-25-11-12-26-50(49)53/h4-39,59H,2H2,1,3H3/b5-4-,46-22+. The number of allylic oxidation sites excluding steroid dienone is 5. The topological polar surface area (TPSA) is 20.2 Å². The van der Waals surface area contributed by atoms with Crippen LogP contribution in [0.5, 0.6) is 0 Å². The van der Waals surface area contributed by atoms with Crippen molar-refractivity contribution in [2.24, 2.45) is 0 Å². The van der Waals surface area contributed by atoms with Crippen molar-refractivity contribution in [1.82, 2.24) is 4.57 Å². The number of hydrogen-bond donors (Lipinski definition) is 1. The number of para-hydroxylation sites is 4. The van der Waals surface area contributed by atoms with Crippen molar-refractivity contribution in [2.75, 3.05) is 17.3 Å². The van der Waals surface area contributed by atoms with E-state index in [4.69, 9.17) is 6.58 Å². The summed E-state index contributed by atoms with van der Waals surface area (Å²) in [6.07, 6.45) is 6.35. The largest absolute Gasteiger partial charge is 0.355 e. The number of fused-ring (bicyclic) bond motifs is 6. The Morgan fingerprint density at radius 3 is 2.03 bits per heavy atom. The highest BCUT2D eigenvalue weighted by atomic mass is 15.1. The van der Waals surface area contributed by atoms with E-state index in [0.717, 1.165) is 50.7 Å². The summed E-state index contributed by atoms with van der Waals surface area (Å²) in [4.78, 5) is 2.28. The number of aromatic nitrogens is 1. The van der Waals surface area contributed by atoms with Gasteiger partial charge in [0.15, 0.2) is 0 Å². The summed E-state index contributed by atoms with van der Waals surface area (Å²) in [7, 11) is 2.15. The summed E-state index contributed by atoms with van der Waals surface area (Å²) < 4.78 is 2.35. The van der Waals surface area contributed by atoms with Gasteiger partial charge >= 0.3 is 0 Å². The monoisotopic (exact) mass is 783 g/mol. The Kier molecular flexibility index (Phi) is 9.84. The quantitative estimate of drug-likeness (QED) is 0.110. The molecule has 3 heteroatoms. The maximum atomic E-state index is 4.74. The van der Waals surface area contributed by atoms with Crippen molar-refractivity contribution in [1.29, 1.82) is 0 Å². The minimum Gasteiger partial charge on any atom is -0.355 e. The third kappa shape index (κ3) is 6.86. The fourth-order valence-electron chi connectivity index (χ4n) is 8.89. The van der Waals surface area contributed by atoms with Crippen molar-refractivity contribution < 1.29 is 0 Å². The van der Waals surface area contributed by atoms with Crippen LogP contribution in [-0.2, 0) is 0 Å². The summed E-state index contributed by atoms with van der Waals surface area (Å²) in [5.74, 6) is 0. The van der Waals surface area contributed by atoms with E-state index in [1.807, 2.05) is 6.92 Å². The Balaban J connectivity index is 0.958. The Morgan fingerprint density at radius 2 is 1.21 bits per heavy atom. The molecule has 1 heterocycles. The average Bonchev–Trinajstić information content (AvgIpc) is 3.65. The first-order valence-electron chi connectivity index (χ1n) is 20.9. The lowest BCUT2D eigenvalue weighted by Crippen LogP contribution is -2.10. The van der Waals surface area contributed by atoms with Gasteiger partial charge in [-0.25, -0.2) is 0 Å². The third-order valence-corrected chi connectivity index (χ3v) is 11.9. The second kappa shape index (κ2) is 16.1. The van der Waals surface area contributed by atoms with Crippen molar-refractivity contribution in [3.05, 3.63) is 236 Å². The molecule has 0 fully saturated rings. The van der Waals surface area contributed by atoms with Crippen LogP contribution in [0.3, 0.4) is 0 Å². The summed E-state index contributed by atoms with van der Waals surface area (Å²) in [5.41, 5.74) is 14.4. The number of rotatable bonds is 10.